The topological polar surface area (TPSA) is 107 Å². The highest BCUT2D eigenvalue weighted by Crippen LogP contribution is 2.53. The number of carbonyl (C=O) groups excluding carboxylic acids is 5. The number of amides is 2. The molecule has 10 heteroatoms. The van der Waals surface area contributed by atoms with Gasteiger partial charge >= 0.3 is 11.9 Å². The molecule has 4 unspecified atom stereocenters. The highest BCUT2D eigenvalue weighted by Gasteiger charge is 2.59. The summed E-state index contributed by atoms with van der Waals surface area (Å²) >= 11 is 11.8. The molecule has 1 heterocycles. The fourth-order valence-electron chi connectivity index (χ4n) is 5.77. The maximum atomic E-state index is 13.2. The number of rotatable bonds is 7. The zero-order valence-electron chi connectivity index (χ0n) is 21.3. The first kappa shape index (κ1) is 26.9. The number of allylic oxidation sites excluding steroid dienone is 2. The quantitative estimate of drug-likeness (QED) is 0.117. The van der Waals surface area contributed by atoms with Gasteiger partial charge in [0.2, 0.25) is 11.8 Å². The fraction of sp³-hybridized carbons (Fsp3) is 0.194. The molecule has 6 rings (SSSR count). The Morgan fingerprint density at radius 3 is 2.07 bits per heavy atom. The zero-order valence-corrected chi connectivity index (χ0v) is 22.8. The maximum Gasteiger partial charge on any atom is 0.343 e. The van der Waals surface area contributed by atoms with Crippen molar-refractivity contribution in [1.29, 1.82) is 0 Å². The molecule has 0 radical (unpaired) electrons. The fourth-order valence-corrected chi connectivity index (χ4v) is 6.07. The van der Waals surface area contributed by atoms with Gasteiger partial charge in [0.05, 0.1) is 38.7 Å². The summed E-state index contributed by atoms with van der Waals surface area (Å²) in [6, 6.07) is 16.3. The summed E-state index contributed by atoms with van der Waals surface area (Å²) in [6.07, 6.45) is 4.80. The molecule has 3 aromatic rings. The standard InChI is InChI=1S/C31H21Cl2NO7/c32-22-12-9-19(14-23(22)33)30(38)41-20-10-7-16(8-11-20)25(35)15-40-31(39)21-3-1-2-4-24(21)34-28(36)26-17-5-6-18(13-17)27(26)29(34)37/h1-12,14,17-18,26-27H,13,15H2. The minimum Gasteiger partial charge on any atom is -0.454 e. The Bertz CT molecular complexity index is 1620. The summed E-state index contributed by atoms with van der Waals surface area (Å²) in [7, 11) is 0. The summed E-state index contributed by atoms with van der Waals surface area (Å²) in [5.41, 5.74) is 0.603. The Morgan fingerprint density at radius 1 is 0.780 bits per heavy atom. The van der Waals surface area contributed by atoms with Gasteiger partial charge in [-0.2, -0.15) is 0 Å². The van der Waals surface area contributed by atoms with Gasteiger partial charge in [-0.3, -0.25) is 14.4 Å². The number of esters is 2. The van der Waals surface area contributed by atoms with Gasteiger partial charge in [-0.15, -0.1) is 0 Å². The number of ether oxygens (including phenoxy) is 2. The first-order chi connectivity index (χ1) is 19.7. The molecule has 41 heavy (non-hydrogen) atoms. The zero-order chi connectivity index (χ0) is 28.8. The van der Waals surface area contributed by atoms with Crippen LogP contribution >= 0.6 is 23.2 Å². The molecule has 3 aliphatic rings. The molecule has 2 aliphatic carbocycles. The predicted molar refractivity (Wildman–Crippen MR) is 149 cm³/mol. The molecule has 1 aliphatic heterocycles. The molecule has 1 saturated carbocycles. The molecular formula is C31H21Cl2NO7. The summed E-state index contributed by atoms with van der Waals surface area (Å²) in [6.45, 7) is -0.573. The molecule has 0 N–H and O–H groups in total. The average molecular weight is 590 g/mol. The minimum atomic E-state index is -0.833. The second kappa shape index (κ2) is 10.6. The molecule has 2 amide bonds. The Balaban J connectivity index is 1.10. The number of hydrogen-bond acceptors (Lipinski definition) is 7. The Kier molecular flexibility index (Phi) is 6.97. The van der Waals surface area contributed by atoms with Crippen LogP contribution in [-0.2, 0) is 14.3 Å². The van der Waals surface area contributed by atoms with E-state index in [2.05, 4.69) is 0 Å². The lowest BCUT2D eigenvalue weighted by Crippen LogP contribution is -2.34. The van der Waals surface area contributed by atoms with E-state index < -0.39 is 36.2 Å². The van der Waals surface area contributed by atoms with Gasteiger partial charge in [0.15, 0.2) is 12.4 Å². The first-order valence-electron chi connectivity index (χ1n) is 12.9. The van der Waals surface area contributed by atoms with Gasteiger partial charge in [-0.25, -0.2) is 14.5 Å². The molecule has 2 bridgehead atoms. The smallest absolute Gasteiger partial charge is 0.343 e. The molecule has 2 fully saturated rings. The van der Waals surface area contributed by atoms with E-state index in [9.17, 15) is 24.0 Å². The molecule has 0 spiro atoms. The summed E-state index contributed by atoms with van der Waals surface area (Å²) in [5, 5.41) is 0.518. The van der Waals surface area contributed by atoms with Crippen molar-refractivity contribution >= 4 is 58.4 Å². The number of Topliss-reactive ketones (excluding diaryl/α,β-unsaturated/α-hetero) is 1. The molecule has 8 nitrogen and oxygen atoms in total. The van der Waals surface area contributed by atoms with Crippen molar-refractivity contribution in [3.05, 3.63) is 106 Å². The molecule has 206 valence electrons. The van der Waals surface area contributed by atoms with E-state index in [1.54, 1.807) is 12.1 Å². The van der Waals surface area contributed by atoms with E-state index in [1.807, 2.05) is 12.2 Å². The number of benzene rings is 3. The van der Waals surface area contributed by atoms with Crippen molar-refractivity contribution < 1.29 is 33.4 Å². The monoisotopic (exact) mass is 589 g/mol. The number of nitrogens with zero attached hydrogens (tertiary/aromatic N) is 1. The van der Waals surface area contributed by atoms with E-state index in [0.29, 0.717) is 5.02 Å². The molecule has 1 saturated heterocycles. The number of anilines is 1. The van der Waals surface area contributed by atoms with E-state index in [1.165, 1.54) is 54.6 Å². The van der Waals surface area contributed by atoms with Crippen LogP contribution in [-0.4, -0.2) is 36.1 Å². The molecule has 4 atom stereocenters. The number of ketones is 1. The van der Waals surface area contributed by atoms with E-state index in [0.717, 1.165) is 11.3 Å². The van der Waals surface area contributed by atoms with Crippen LogP contribution in [0.5, 0.6) is 5.75 Å². The summed E-state index contributed by atoms with van der Waals surface area (Å²) in [5.74, 6) is -3.16. The van der Waals surface area contributed by atoms with Crippen molar-refractivity contribution in [3.8, 4) is 5.75 Å². The highest BCUT2D eigenvalue weighted by molar-refractivity contribution is 6.42. The number of para-hydroxylation sites is 1. The third-order valence-corrected chi connectivity index (χ3v) is 8.45. The van der Waals surface area contributed by atoms with Crippen LogP contribution in [0.3, 0.4) is 0 Å². The Hall–Kier alpha value is -4.27. The molecular weight excluding hydrogens is 569 g/mol. The summed E-state index contributed by atoms with van der Waals surface area (Å²) in [4.78, 5) is 65.7. The van der Waals surface area contributed by atoms with Crippen LogP contribution in [0.1, 0.15) is 37.5 Å². The van der Waals surface area contributed by atoms with Gasteiger partial charge < -0.3 is 9.47 Å². The second-order valence-electron chi connectivity index (χ2n) is 10.1. The first-order valence-corrected chi connectivity index (χ1v) is 13.6. The van der Waals surface area contributed by atoms with Crippen LogP contribution < -0.4 is 9.64 Å². The van der Waals surface area contributed by atoms with Crippen molar-refractivity contribution in [2.75, 3.05) is 11.5 Å². The maximum absolute atomic E-state index is 13.2. The minimum absolute atomic E-state index is 0.0202. The third kappa shape index (κ3) is 4.83. The van der Waals surface area contributed by atoms with Crippen molar-refractivity contribution in [2.45, 2.75) is 6.42 Å². The van der Waals surface area contributed by atoms with Crippen LogP contribution in [0.2, 0.25) is 10.0 Å². The van der Waals surface area contributed by atoms with E-state index in [-0.39, 0.29) is 56.8 Å². The molecule has 3 aromatic carbocycles. The number of fused-ring (bicyclic) bond motifs is 5. The SMILES string of the molecule is O=C(COC(=O)c1ccccc1N1C(=O)C2C3C=CC(C3)C2C1=O)c1ccc(OC(=O)c2ccc(Cl)c(Cl)c2)cc1. The van der Waals surface area contributed by atoms with E-state index in [4.69, 9.17) is 32.7 Å². The third-order valence-electron chi connectivity index (χ3n) is 7.71. The normalized spacial score (nSPS) is 22.1. The van der Waals surface area contributed by atoms with Gasteiger partial charge in [0.25, 0.3) is 0 Å². The van der Waals surface area contributed by atoms with Gasteiger partial charge in [0.1, 0.15) is 5.75 Å². The highest BCUT2D eigenvalue weighted by atomic mass is 35.5. The number of hydrogen-bond donors (Lipinski definition) is 0. The second-order valence-corrected chi connectivity index (χ2v) is 10.9. The largest absolute Gasteiger partial charge is 0.454 e. The lowest BCUT2D eigenvalue weighted by molar-refractivity contribution is -0.123. The van der Waals surface area contributed by atoms with Crippen molar-refractivity contribution in [3.63, 3.8) is 0 Å². The number of halogens is 2. The lowest BCUT2D eigenvalue weighted by atomic mass is 9.85. The van der Waals surface area contributed by atoms with Crippen molar-refractivity contribution in [1.82, 2.24) is 0 Å². The van der Waals surface area contributed by atoms with Crippen LogP contribution in [0.4, 0.5) is 5.69 Å². The predicted octanol–water partition coefficient (Wildman–Crippen LogP) is 5.56. The summed E-state index contributed by atoms with van der Waals surface area (Å²) < 4.78 is 10.6. The lowest BCUT2D eigenvalue weighted by Gasteiger charge is -2.19. The Labute approximate surface area is 244 Å². The van der Waals surface area contributed by atoms with Crippen LogP contribution in [0.25, 0.3) is 0 Å². The average Bonchev–Trinajstić information content (AvgIpc) is 3.66. The van der Waals surface area contributed by atoms with Gasteiger partial charge in [0, 0.05) is 5.56 Å². The number of imide groups is 1. The van der Waals surface area contributed by atoms with Gasteiger partial charge in [-0.1, -0.05) is 47.5 Å². The Morgan fingerprint density at radius 2 is 1.41 bits per heavy atom. The van der Waals surface area contributed by atoms with E-state index >= 15 is 0 Å². The van der Waals surface area contributed by atoms with Crippen LogP contribution in [0.15, 0.2) is 78.9 Å². The van der Waals surface area contributed by atoms with Crippen molar-refractivity contribution in [2.24, 2.45) is 23.7 Å². The number of carbonyl (C=O) groups is 5. The molecule has 0 aromatic heterocycles. The van der Waals surface area contributed by atoms with Gasteiger partial charge in [-0.05, 0) is 72.9 Å². The van der Waals surface area contributed by atoms with Crippen LogP contribution in [0, 0.1) is 23.7 Å².